The van der Waals surface area contributed by atoms with Crippen molar-refractivity contribution in [2.45, 2.75) is 46.1 Å². The van der Waals surface area contributed by atoms with E-state index in [9.17, 15) is 0 Å². The van der Waals surface area contributed by atoms with E-state index in [2.05, 4.69) is 53.5 Å². The highest BCUT2D eigenvalue weighted by Gasteiger charge is 2.31. The first-order chi connectivity index (χ1) is 8.10. The highest BCUT2D eigenvalue weighted by molar-refractivity contribution is 9.09. The fourth-order valence-corrected chi connectivity index (χ4v) is 3.74. The molecule has 1 atom stereocenters. The number of rotatable bonds is 6. The summed E-state index contributed by atoms with van der Waals surface area (Å²) < 4.78 is 0. The highest BCUT2D eigenvalue weighted by Crippen LogP contribution is 2.30. The molecule has 0 aliphatic carbocycles. The Morgan fingerprint density at radius 2 is 1.82 bits per heavy atom. The molecule has 0 aromatic rings. The predicted octanol–water partition coefficient (Wildman–Crippen LogP) is 3.21. The average Bonchev–Trinajstić information content (AvgIpc) is 2.38. The summed E-state index contributed by atoms with van der Waals surface area (Å²) >= 11 is 3.73. The lowest BCUT2D eigenvalue weighted by molar-refractivity contribution is 0.0603. The van der Waals surface area contributed by atoms with Gasteiger partial charge in [0.2, 0.25) is 0 Å². The van der Waals surface area contributed by atoms with Gasteiger partial charge in [0.1, 0.15) is 0 Å². The van der Waals surface area contributed by atoms with Gasteiger partial charge in [-0.05, 0) is 31.7 Å². The van der Waals surface area contributed by atoms with Gasteiger partial charge >= 0.3 is 0 Å². The van der Waals surface area contributed by atoms with Crippen LogP contribution in [0.3, 0.4) is 0 Å². The van der Waals surface area contributed by atoms with Crippen LogP contribution < -0.4 is 0 Å². The van der Waals surface area contributed by atoms with E-state index in [1.165, 1.54) is 45.4 Å². The maximum atomic E-state index is 3.73. The molecule has 1 aliphatic heterocycles. The van der Waals surface area contributed by atoms with E-state index in [1.807, 2.05) is 0 Å². The largest absolute Gasteiger partial charge is 0.301 e. The Bertz CT molecular complexity index is 208. The topological polar surface area (TPSA) is 6.48 Å². The molecule has 2 nitrogen and oxygen atoms in total. The number of hydrogen-bond donors (Lipinski definition) is 0. The molecule has 1 rings (SSSR count). The Labute approximate surface area is 116 Å². The first-order valence-electron chi connectivity index (χ1n) is 7.09. The fraction of sp³-hybridized carbons (Fsp3) is 1.00. The van der Waals surface area contributed by atoms with Gasteiger partial charge in [0, 0.05) is 37.6 Å². The van der Waals surface area contributed by atoms with Crippen molar-refractivity contribution < 1.29 is 0 Å². The predicted molar refractivity (Wildman–Crippen MR) is 80.0 cm³/mol. The molecular weight excluding hydrogens is 276 g/mol. The lowest BCUT2D eigenvalue weighted by atomic mass is 9.83. The third-order valence-corrected chi connectivity index (χ3v) is 5.86. The van der Waals surface area contributed by atoms with Crippen molar-refractivity contribution in [2.75, 3.05) is 38.6 Å². The molecule has 0 aromatic carbocycles. The van der Waals surface area contributed by atoms with Crippen LogP contribution in [-0.4, -0.2) is 54.4 Å². The van der Waals surface area contributed by atoms with Gasteiger partial charge in [-0.1, -0.05) is 36.7 Å². The van der Waals surface area contributed by atoms with Crippen LogP contribution in [0.1, 0.15) is 40.0 Å². The second kappa shape index (κ2) is 7.10. The average molecular weight is 305 g/mol. The number of hydrogen-bond acceptors (Lipinski definition) is 2. The summed E-state index contributed by atoms with van der Waals surface area (Å²) in [6.45, 7) is 11.9. The number of piperazine rings is 1. The van der Waals surface area contributed by atoms with Crippen LogP contribution in [0.2, 0.25) is 0 Å². The summed E-state index contributed by atoms with van der Waals surface area (Å²) in [5, 5.41) is 1.14. The molecule has 0 amide bonds. The summed E-state index contributed by atoms with van der Waals surface area (Å²) in [6.07, 6.45) is 3.82. The normalized spacial score (nSPS) is 24.2. The molecule has 0 N–H and O–H groups in total. The number of halogens is 1. The summed E-state index contributed by atoms with van der Waals surface area (Å²) in [5.41, 5.74) is 0.480. The van der Waals surface area contributed by atoms with Crippen molar-refractivity contribution in [3.8, 4) is 0 Å². The van der Waals surface area contributed by atoms with E-state index in [1.54, 1.807) is 0 Å². The zero-order valence-electron chi connectivity index (χ0n) is 12.0. The molecule has 1 fully saturated rings. The van der Waals surface area contributed by atoms with Crippen molar-refractivity contribution in [3.63, 3.8) is 0 Å². The van der Waals surface area contributed by atoms with Gasteiger partial charge in [-0.15, -0.1) is 0 Å². The van der Waals surface area contributed by atoms with E-state index in [-0.39, 0.29) is 0 Å². The minimum absolute atomic E-state index is 0.480. The van der Waals surface area contributed by atoms with Crippen molar-refractivity contribution in [2.24, 2.45) is 5.41 Å². The number of alkyl halides is 1. The van der Waals surface area contributed by atoms with Gasteiger partial charge in [0.05, 0.1) is 0 Å². The number of nitrogens with zero attached hydrogens (tertiary/aromatic N) is 2. The molecule has 1 unspecified atom stereocenters. The van der Waals surface area contributed by atoms with E-state index < -0.39 is 0 Å². The fourth-order valence-electron chi connectivity index (χ4n) is 2.77. The first-order valence-corrected chi connectivity index (χ1v) is 8.21. The van der Waals surface area contributed by atoms with E-state index in [0.717, 1.165) is 11.4 Å². The molecular formula is C14H29BrN2. The van der Waals surface area contributed by atoms with Gasteiger partial charge in [-0.3, -0.25) is 4.90 Å². The molecule has 102 valence electrons. The second-order valence-corrected chi connectivity index (χ2v) is 6.18. The van der Waals surface area contributed by atoms with Gasteiger partial charge in [-0.25, -0.2) is 0 Å². The molecule has 1 saturated heterocycles. The maximum absolute atomic E-state index is 3.73. The summed E-state index contributed by atoms with van der Waals surface area (Å²) in [5.74, 6) is 0. The Hall–Kier alpha value is 0.400. The number of likely N-dealkylation sites (N-methyl/N-ethyl adjacent to an activating group) is 1. The van der Waals surface area contributed by atoms with E-state index in [0.29, 0.717) is 5.41 Å². The van der Waals surface area contributed by atoms with Crippen molar-refractivity contribution in [1.29, 1.82) is 0 Å². The van der Waals surface area contributed by atoms with Crippen molar-refractivity contribution in [1.82, 2.24) is 9.80 Å². The van der Waals surface area contributed by atoms with Crippen LogP contribution in [0.5, 0.6) is 0 Å². The van der Waals surface area contributed by atoms with Crippen LogP contribution in [0.25, 0.3) is 0 Å². The first kappa shape index (κ1) is 15.5. The molecule has 0 spiro atoms. The molecule has 1 aliphatic rings. The van der Waals surface area contributed by atoms with Crippen molar-refractivity contribution >= 4 is 15.9 Å². The Balaban J connectivity index is 2.56. The van der Waals surface area contributed by atoms with Crippen molar-refractivity contribution in [3.05, 3.63) is 0 Å². The van der Waals surface area contributed by atoms with Crippen LogP contribution >= 0.6 is 15.9 Å². The van der Waals surface area contributed by atoms with Crippen LogP contribution in [-0.2, 0) is 0 Å². The van der Waals surface area contributed by atoms with E-state index in [4.69, 9.17) is 0 Å². The Morgan fingerprint density at radius 1 is 1.18 bits per heavy atom. The highest BCUT2D eigenvalue weighted by atomic mass is 79.9. The monoisotopic (exact) mass is 304 g/mol. The zero-order chi connectivity index (χ0) is 12.9. The van der Waals surface area contributed by atoms with Gasteiger partial charge in [-0.2, -0.15) is 0 Å². The van der Waals surface area contributed by atoms with Gasteiger partial charge < -0.3 is 4.90 Å². The second-order valence-electron chi connectivity index (χ2n) is 5.62. The van der Waals surface area contributed by atoms with Gasteiger partial charge in [0.25, 0.3) is 0 Å². The van der Waals surface area contributed by atoms with Crippen LogP contribution in [0.4, 0.5) is 0 Å². The molecule has 0 saturated carbocycles. The van der Waals surface area contributed by atoms with E-state index >= 15 is 0 Å². The molecule has 0 aromatic heterocycles. The maximum Gasteiger partial charge on any atom is 0.0218 e. The lowest BCUT2D eigenvalue weighted by Crippen LogP contribution is -2.53. The summed E-state index contributed by atoms with van der Waals surface area (Å²) in [4.78, 5) is 5.20. The SMILES string of the molecule is CCC1CN(CC(CC)(CC)CBr)CCN1C. The quantitative estimate of drug-likeness (QED) is 0.695. The lowest BCUT2D eigenvalue weighted by Gasteiger charge is -2.43. The summed E-state index contributed by atoms with van der Waals surface area (Å²) in [6, 6.07) is 0.755. The zero-order valence-corrected chi connectivity index (χ0v) is 13.6. The molecule has 3 heteroatoms. The third-order valence-electron chi connectivity index (χ3n) is 4.67. The standard InChI is InChI=1S/C14H29BrN2/c1-5-13-10-17(9-8-16(13)4)12-14(6-2,7-3)11-15/h13H,5-12H2,1-4H3. The molecule has 0 radical (unpaired) electrons. The Morgan fingerprint density at radius 3 is 2.29 bits per heavy atom. The molecule has 17 heavy (non-hydrogen) atoms. The smallest absolute Gasteiger partial charge is 0.0218 e. The molecule has 0 bridgehead atoms. The minimum atomic E-state index is 0.480. The minimum Gasteiger partial charge on any atom is -0.301 e. The van der Waals surface area contributed by atoms with Gasteiger partial charge in [0.15, 0.2) is 0 Å². The van der Waals surface area contributed by atoms with Crippen LogP contribution in [0, 0.1) is 5.41 Å². The van der Waals surface area contributed by atoms with Crippen LogP contribution in [0.15, 0.2) is 0 Å². The summed E-state index contributed by atoms with van der Waals surface area (Å²) in [7, 11) is 2.27. The molecule has 1 heterocycles. The Kier molecular flexibility index (Phi) is 6.46. The third kappa shape index (κ3) is 3.93.